The molecule has 1 aliphatic heterocycles. The number of hydrogen-bond acceptors (Lipinski definition) is 5. The average molecular weight is 386 g/mol. The molecular formula is C16H25N4O3S2+. The molecule has 0 saturated carbocycles. The van der Waals surface area contributed by atoms with E-state index in [-0.39, 0.29) is 0 Å². The van der Waals surface area contributed by atoms with Crippen molar-refractivity contribution in [2.75, 3.05) is 45.6 Å². The highest BCUT2D eigenvalue weighted by molar-refractivity contribution is 7.90. The van der Waals surface area contributed by atoms with Crippen LogP contribution in [0.3, 0.4) is 0 Å². The third kappa shape index (κ3) is 6.69. The Labute approximate surface area is 154 Å². The minimum Gasteiger partial charge on any atom is -0.370 e. The van der Waals surface area contributed by atoms with Crippen LogP contribution < -0.4 is 15.6 Å². The van der Waals surface area contributed by atoms with Crippen molar-refractivity contribution in [1.82, 2.24) is 10.7 Å². The normalized spacial score (nSPS) is 16.5. The molecule has 0 aliphatic carbocycles. The van der Waals surface area contributed by atoms with E-state index in [4.69, 9.17) is 17.0 Å². The molecule has 0 amide bonds. The minimum atomic E-state index is -3.19. The van der Waals surface area contributed by atoms with Crippen LogP contribution in [0.4, 0.5) is 0 Å². The quantitative estimate of drug-likeness (QED) is 0.338. The largest absolute Gasteiger partial charge is 0.370 e. The molecule has 3 N–H and O–H groups in total. The van der Waals surface area contributed by atoms with Crippen LogP contribution in [0.5, 0.6) is 0 Å². The lowest BCUT2D eigenvalue weighted by atomic mass is 10.1. The van der Waals surface area contributed by atoms with Gasteiger partial charge in [-0.25, -0.2) is 8.42 Å². The Kier molecular flexibility index (Phi) is 7.30. The number of sulfone groups is 1. The number of nitrogens with one attached hydrogen (secondary N) is 3. The van der Waals surface area contributed by atoms with Gasteiger partial charge in [0.2, 0.25) is 0 Å². The first kappa shape index (κ1) is 19.8. The summed E-state index contributed by atoms with van der Waals surface area (Å²) in [5, 5.41) is 7.85. The van der Waals surface area contributed by atoms with E-state index >= 15 is 0 Å². The van der Waals surface area contributed by atoms with Crippen LogP contribution in [0.25, 0.3) is 0 Å². The van der Waals surface area contributed by atoms with Gasteiger partial charge in [-0.3, -0.25) is 5.43 Å². The standard InChI is InChI=1S/C16H24N4O3S2/c1-13(14-3-5-15(6-4-14)25(2,21)22)18-19-16(24)17-7-8-20-9-11-23-12-10-20/h3-6H,7-12H2,1-2H3,(H2,17,19,24)/p+1/b18-13-. The van der Waals surface area contributed by atoms with Crippen molar-refractivity contribution in [3.05, 3.63) is 29.8 Å². The second-order valence-corrected chi connectivity index (χ2v) is 8.40. The van der Waals surface area contributed by atoms with Crippen molar-refractivity contribution in [3.8, 4) is 0 Å². The molecule has 9 heteroatoms. The van der Waals surface area contributed by atoms with Gasteiger partial charge in [0.05, 0.1) is 36.9 Å². The third-order valence-electron chi connectivity index (χ3n) is 3.99. The summed E-state index contributed by atoms with van der Waals surface area (Å²) >= 11 is 5.22. The zero-order valence-electron chi connectivity index (χ0n) is 14.5. The fraction of sp³-hybridized carbons (Fsp3) is 0.500. The lowest BCUT2D eigenvalue weighted by Gasteiger charge is -2.23. The summed E-state index contributed by atoms with van der Waals surface area (Å²) in [6.45, 7) is 7.30. The van der Waals surface area contributed by atoms with E-state index < -0.39 is 9.84 Å². The summed E-state index contributed by atoms with van der Waals surface area (Å²) in [7, 11) is -3.19. The van der Waals surface area contributed by atoms with E-state index in [1.165, 1.54) is 11.2 Å². The van der Waals surface area contributed by atoms with E-state index in [2.05, 4.69) is 15.8 Å². The van der Waals surface area contributed by atoms with E-state index in [0.29, 0.717) is 10.0 Å². The van der Waals surface area contributed by atoms with Gasteiger partial charge in [0.25, 0.3) is 0 Å². The molecule has 0 spiro atoms. The zero-order chi connectivity index (χ0) is 18.3. The molecule has 1 saturated heterocycles. The number of morpholine rings is 1. The first-order chi connectivity index (χ1) is 11.9. The molecule has 1 aromatic carbocycles. The van der Waals surface area contributed by atoms with Gasteiger partial charge in [0.1, 0.15) is 13.1 Å². The van der Waals surface area contributed by atoms with Crippen molar-refractivity contribution >= 4 is 32.9 Å². The van der Waals surface area contributed by atoms with Crippen molar-refractivity contribution in [2.45, 2.75) is 11.8 Å². The monoisotopic (exact) mass is 385 g/mol. The fourth-order valence-electron chi connectivity index (χ4n) is 2.44. The lowest BCUT2D eigenvalue weighted by molar-refractivity contribution is -0.906. The molecule has 0 aromatic heterocycles. The van der Waals surface area contributed by atoms with E-state index in [0.717, 1.165) is 50.7 Å². The van der Waals surface area contributed by atoms with Gasteiger partial charge < -0.3 is 15.0 Å². The molecule has 138 valence electrons. The van der Waals surface area contributed by atoms with Gasteiger partial charge >= 0.3 is 0 Å². The van der Waals surface area contributed by atoms with Gasteiger partial charge in [0, 0.05) is 6.26 Å². The number of hydrazone groups is 1. The highest BCUT2D eigenvalue weighted by Crippen LogP contribution is 2.10. The molecule has 25 heavy (non-hydrogen) atoms. The Balaban J connectivity index is 1.78. The van der Waals surface area contributed by atoms with Gasteiger partial charge in [-0.2, -0.15) is 5.10 Å². The van der Waals surface area contributed by atoms with Gasteiger partial charge in [-0.15, -0.1) is 0 Å². The molecular weight excluding hydrogens is 360 g/mol. The summed E-state index contributed by atoms with van der Waals surface area (Å²) in [6, 6.07) is 6.61. The number of rotatable bonds is 6. The van der Waals surface area contributed by atoms with Crippen LogP contribution in [-0.2, 0) is 14.6 Å². The van der Waals surface area contributed by atoms with Crippen molar-refractivity contribution in [1.29, 1.82) is 0 Å². The maximum Gasteiger partial charge on any atom is 0.187 e. The highest BCUT2D eigenvalue weighted by Gasteiger charge is 2.12. The van der Waals surface area contributed by atoms with Crippen LogP contribution in [-0.4, -0.2) is 64.9 Å². The number of benzene rings is 1. The summed E-state index contributed by atoms with van der Waals surface area (Å²) in [6.07, 6.45) is 1.19. The number of thiocarbonyl (C=S) groups is 1. The second-order valence-electron chi connectivity index (χ2n) is 5.97. The Morgan fingerprint density at radius 1 is 1.28 bits per heavy atom. The van der Waals surface area contributed by atoms with Crippen LogP contribution in [0.15, 0.2) is 34.3 Å². The lowest BCUT2D eigenvalue weighted by Crippen LogP contribution is -3.14. The maximum atomic E-state index is 11.5. The molecule has 1 aromatic rings. The SMILES string of the molecule is C/C(=N/NC(=S)NCC[NH+]1CCOCC1)c1ccc(S(C)(=O)=O)cc1. The minimum absolute atomic E-state index is 0.291. The first-order valence-electron chi connectivity index (χ1n) is 8.16. The van der Waals surface area contributed by atoms with Crippen molar-refractivity contribution in [2.24, 2.45) is 5.10 Å². The summed E-state index contributed by atoms with van der Waals surface area (Å²) in [5.41, 5.74) is 4.38. The average Bonchev–Trinajstić information content (AvgIpc) is 2.60. The zero-order valence-corrected chi connectivity index (χ0v) is 16.2. The van der Waals surface area contributed by atoms with Crippen molar-refractivity contribution < 1.29 is 18.1 Å². The molecule has 0 bridgehead atoms. The Hall–Kier alpha value is -1.55. The number of ether oxygens (including phenoxy) is 1. The van der Waals surface area contributed by atoms with Crippen LogP contribution >= 0.6 is 12.2 Å². The smallest absolute Gasteiger partial charge is 0.187 e. The number of hydrogen-bond donors (Lipinski definition) is 3. The Bertz CT molecular complexity index is 711. The molecule has 0 unspecified atom stereocenters. The van der Waals surface area contributed by atoms with Crippen LogP contribution in [0.2, 0.25) is 0 Å². The topological polar surface area (TPSA) is 84.2 Å². The van der Waals surface area contributed by atoms with E-state index in [9.17, 15) is 8.42 Å². The summed E-state index contributed by atoms with van der Waals surface area (Å²) in [4.78, 5) is 1.80. The number of nitrogens with zero attached hydrogens (tertiary/aromatic N) is 1. The molecule has 2 rings (SSSR count). The van der Waals surface area contributed by atoms with Gasteiger partial charge in [-0.1, -0.05) is 12.1 Å². The molecule has 1 aliphatic rings. The predicted molar refractivity (Wildman–Crippen MR) is 102 cm³/mol. The number of quaternary nitrogens is 1. The van der Waals surface area contributed by atoms with Crippen LogP contribution in [0, 0.1) is 0 Å². The Morgan fingerprint density at radius 3 is 2.52 bits per heavy atom. The first-order valence-corrected chi connectivity index (χ1v) is 10.5. The van der Waals surface area contributed by atoms with E-state index in [1.54, 1.807) is 24.3 Å². The summed E-state index contributed by atoms with van der Waals surface area (Å²) < 4.78 is 28.3. The molecule has 0 radical (unpaired) electrons. The third-order valence-corrected chi connectivity index (χ3v) is 5.35. The second kappa shape index (κ2) is 9.23. The molecule has 7 nitrogen and oxygen atoms in total. The van der Waals surface area contributed by atoms with E-state index in [1.807, 2.05) is 6.92 Å². The predicted octanol–water partition coefficient (Wildman–Crippen LogP) is -0.807. The highest BCUT2D eigenvalue weighted by atomic mass is 32.2. The fourth-order valence-corrected chi connectivity index (χ4v) is 3.22. The van der Waals surface area contributed by atoms with Gasteiger partial charge in [0.15, 0.2) is 14.9 Å². The molecule has 1 heterocycles. The maximum absolute atomic E-state index is 11.5. The van der Waals surface area contributed by atoms with Crippen LogP contribution in [0.1, 0.15) is 12.5 Å². The van der Waals surface area contributed by atoms with Gasteiger partial charge in [-0.05, 0) is 36.8 Å². The summed E-state index contributed by atoms with van der Waals surface area (Å²) in [5.74, 6) is 0. The Morgan fingerprint density at radius 2 is 1.92 bits per heavy atom. The van der Waals surface area contributed by atoms with Crippen molar-refractivity contribution in [3.63, 3.8) is 0 Å². The molecule has 0 atom stereocenters. The molecule has 1 fully saturated rings.